The minimum Gasteiger partial charge on any atom is -0.381 e. The highest BCUT2D eigenvalue weighted by atomic mass is 16.5. The standard InChI is InChI=1S/C19H37N5O/c1-3-23-10-6-7-17(23)15-21-18(20-2)22-16-19(8-13-25-14-9-19)24-11-4-5-12-24/h17H,3-16H2,1-2H3,(H2,20,21,22). The monoisotopic (exact) mass is 351 g/mol. The number of guanidine groups is 1. The van der Waals surface area contributed by atoms with Crippen LogP contribution in [0.15, 0.2) is 4.99 Å². The van der Waals surface area contributed by atoms with Gasteiger partial charge in [0.25, 0.3) is 0 Å². The first-order valence-corrected chi connectivity index (χ1v) is 10.3. The highest BCUT2D eigenvalue weighted by Gasteiger charge is 2.39. The van der Waals surface area contributed by atoms with Crippen molar-refractivity contribution < 1.29 is 4.74 Å². The van der Waals surface area contributed by atoms with Gasteiger partial charge in [-0.3, -0.25) is 14.8 Å². The number of likely N-dealkylation sites (N-methyl/N-ethyl adjacent to an activating group) is 1. The Hall–Kier alpha value is -0.850. The van der Waals surface area contributed by atoms with Gasteiger partial charge in [-0.1, -0.05) is 6.92 Å². The van der Waals surface area contributed by atoms with Crippen LogP contribution in [0.2, 0.25) is 0 Å². The van der Waals surface area contributed by atoms with Crippen LogP contribution in [0.3, 0.4) is 0 Å². The van der Waals surface area contributed by atoms with Gasteiger partial charge in [-0.2, -0.15) is 0 Å². The largest absolute Gasteiger partial charge is 0.381 e. The van der Waals surface area contributed by atoms with Crippen LogP contribution in [-0.2, 0) is 4.74 Å². The maximum Gasteiger partial charge on any atom is 0.191 e. The second kappa shape index (κ2) is 9.19. The van der Waals surface area contributed by atoms with E-state index in [1.807, 2.05) is 7.05 Å². The summed E-state index contributed by atoms with van der Waals surface area (Å²) in [6.07, 6.45) is 7.55. The lowest BCUT2D eigenvalue weighted by Crippen LogP contribution is -2.59. The Kier molecular flexibility index (Phi) is 6.96. The molecule has 6 heteroatoms. The van der Waals surface area contributed by atoms with Gasteiger partial charge in [-0.15, -0.1) is 0 Å². The fraction of sp³-hybridized carbons (Fsp3) is 0.947. The van der Waals surface area contributed by atoms with E-state index in [-0.39, 0.29) is 5.54 Å². The molecule has 3 saturated heterocycles. The van der Waals surface area contributed by atoms with Gasteiger partial charge in [0.1, 0.15) is 0 Å². The van der Waals surface area contributed by atoms with Gasteiger partial charge in [0.15, 0.2) is 5.96 Å². The number of aliphatic imine (C=N–C) groups is 1. The first-order chi connectivity index (χ1) is 12.3. The molecule has 6 nitrogen and oxygen atoms in total. The number of nitrogens with zero attached hydrogens (tertiary/aromatic N) is 3. The van der Waals surface area contributed by atoms with Crippen LogP contribution in [0.1, 0.15) is 45.4 Å². The summed E-state index contributed by atoms with van der Waals surface area (Å²) in [4.78, 5) is 9.74. The topological polar surface area (TPSA) is 52.1 Å². The third-order valence-electron chi connectivity index (χ3n) is 6.42. The molecule has 1 unspecified atom stereocenters. The molecule has 3 aliphatic rings. The SMILES string of the molecule is CCN1CCCC1CNC(=NC)NCC1(N2CCCC2)CCOCC1. The van der Waals surface area contributed by atoms with E-state index < -0.39 is 0 Å². The molecule has 144 valence electrons. The third kappa shape index (κ3) is 4.66. The van der Waals surface area contributed by atoms with E-state index in [9.17, 15) is 0 Å². The van der Waals surface area contributed by atoms with Crippen molar-refractivity contribution in [1.29, 1.82) is 0 Å². The number of hydrogen-bond donors (Lipinski definition) is 2. The van der Waals surface area contributed by atoms with Crippen LogP contribution in [0, 0.1) is 0 Å². The second-order valence-electron chi connectivity index (χ2n) is 7.76. The van der Waals surface area contributed by atoms with E-state index >= 15 is 0 Å². The van der Waals surface area contributed by atoms with Gasteiger partial charge >= 0.3 is 0 Å². The molecule has 2 N–H and O–H groups in total. The van der Waals surface area contributed by atoms with Crippen molar-refractivity contribution >= 4 is 5.96 Å². The number of hydrogen-bond acceptors (Lipinski definition) is 4. The molecule has 0 spiro atoms. The summed E-state index contributed by atoms with van der Waals surface area (Å²) in [5.41, 5.74) is 0.245. The van der Waals surface area contributed by atoms with E-state index in [0.717, 1.165) is 51.6 Å². The van der Waals surface area contributed by atoms with Gasteiger partial charge in [0.05, 0.1) is 0 Å². The Labute approximate surface area is 153 Å². The van der Waals surface area contributed by atoms with E-state index in [2.05, 4.69) is 32.3 Å². The lowest BCUT2D eigenvalue weighted by Gasteiger charge is -2.45. The van der Waals surface area contributed by atoms with Crippen LogP contribution in [0.25, 0.3) is 0 Å². The Morgan fingerprint density at radius 2 is 1.88 bits per heavy atom. The molecule has 0 bridgehead atoms. The van der Waals surface area contributed by atoms with Crippen molar-refractivity contribution in [2.24, 2.45) is 4.99 Å². The Balaban J connectivity index is 1.51. The smallest absolute Gasteiger partial charge is 0.191 e. The molecule has 0 aromatic heterocycles. The molecule has 3 rings (SSSR count). The first kappa shape index (κ1) is 18.9. The van der Waals surface area contributed by atoms with E-state index in [0.29, 0.717) is 6.04 Å². The molecule has 0 amide bonds. The minimum absolute atomic E-state index is 0.245. The number of nitrogens with one attached hydrogen (secondary N) is 2. The zero-order chi connectivity index (χ0) is 17.5. The summed E-state index contributed by atoms with van der Waals surface area (Å²) >= 11 is 0. The number of ether oxygens (including phenoxy) is 1. The summed E-state index contributed by atoms with van der Waals surface area (Å²) in [6.45, 7) is 10.9. The summed E-state index contributed by atoms with van der Waals surface area (Å²) in [5, 5.41) is 7.21. The molecule has 0 radical (unpaired) electrons. The van der Waals surface area contributed by atoms with Crippen molar-refractivity contribution in [2.75, 3.05) is 59.5 Å². The maximum atomic E-state index is 5.65. The average molecular weight is 352 g/mol. The van der Waals surface area contributed by atoms with E-state index in [4.69, 9.17) is 4.74 Å². The van der Waals surface area contributed by atoms with Crippen LogP contribution >= 0.6 is 0 Å². The molecule has 25 heavy (non-hydrogen) atoms. The molecule has 3 fully saturated rings. The fourth-order valence-electron chi connectivity index (χ4n) is 4.77. The zero-order valence-electron chi connectivity index (χ0n) is 16.2. The molecule has 3 aliphatic heterocycles. The Morgan fingerprint density at radius 1 is 1.12 bits per heavy atom. The van der Waals surface area contributed by atoms with E-state index in [1.54, 1.807) is 0 Å². The van der Waals surface area contributed by atoms with Crippen molar-refractivity contribution in [3.05, 3.63) is 0 Å². The lowest BCUT2D eigenvalue weighted by molar-refractivity contribution is -0.0164. The van der Waals surface area contributed by atoms with Crippen LogP contribution in [0.4, 0.5) is 0 Å². The number of likely N-dealkylation sites (tertiary alicyclic amines) is 2. The molecule has 3 heterocycles. The molecule has 0 aromatic carbocycles. The van der Waals surface area contributed by atoms with Gasteiger partial charge in [-0.25, -0.2) is 0 Å². The lowest BCUT2D eigenvalue weighted by atomic mass is 9.88. The van der Waals surface area contributed by atoms with Gasteiger partial charge in [0, 0.05) is 44.9 Å². The zero-order valence-corrected chi connectivity index (χ0v) is 16.2. The fourth-order valence-corrected chi connectivity index (χ4v) is 4.77. The Morgan fingerprint density at radius 3 is 2.56 bits per heavy atom. The maximum absolute atomic E-state index is 5.65. The highest BCUT2D eigenvalue weighted by molar-refractivity contribution is 5.79. The van der Waals surface area contributed by atoms with Crippen LogP contribution in [0.5, 0.6) is 0 Å². The van der Waals surface area contributed by atoms with Crippen molar-refractivity contribution in [3.8, 4) is 0 Å². The first-order valence-electron chi connectivity index (χ1n) is 10.3. The van der Waals surface area contributed by atoms with Gasteiger partial charge in [-0.05, 0) is 64.7 Å². The van der Waals surface area contributed by atoms with Crippen molar-refractivity contribution in [1.82, 2.24) is 20.4 Å². The average Bonchev–Trinajstić information content (AvgIpc) is 3.34. The van der Waals surface area contributed by atoms with Gasteiger partial charge in [0.2, 0.25) is 0 Å². The molecular formula is C19H37N5O. The van der Waals surface area contributed by atoms with Crippen LogP contribution < -0.4 is 10.6 Å². The van der Waals surface area contributed by atoms with Crippen molar-refractivity contribution in [2.45, 2.75) is 57.0 Å². The minimum atomic E-state index is 0.245. The summed E-state index contributed by atoms with van der Waals surface area (Å²) in [7, 11) is 1.88. The van der Waals surface area contributed by atoms with Gasteiger partial charge < -0.3 is 15.4 Å². The Bertz CT molecular complexity index is 430. The molecule has 0 aliphatic carbocycles. The molecule has 1 atom stereocenters. The molecule has 0 aromatic rings. The predicted molar refractivity (Wildman–Crippen MR) is 103 cm³/mol. The van der Waals surface area contributed by atoms with Crippen molar-refractivity contribution in [3.63, 3.8) is 0 Å². The second-order valence-corrected chi connectivity index (χ2v) is 7.76. The summed E-state index contributed by atoms with van der Waals surface area (Å²) < 4.78 is 5.65. The number of rotatable bonds is 6. The normalized spacial score (nSPS) is 28.4. The highest BCUT2D eigenvalue weighted by Crippen LogP contribution is 2.30. The summed E-state index contributed by atoms with van der Waals surface area (Å²) in [6, 6.07) is 0.652. The quantitative estimate of drug-likeness (QED) is 0.558. The third-order valence-corrected chi connectivity index (χ3v) is 6.42. The van der Waals surface area contributed by atoms with E-state index in [1.165, 1.54) is 45.3 Å². The molecule has 0 saturated carbocycles. The van der Waals surface area contributed by atoms with Crippen LogP contribution in [-0.4, -0.2) is 86.9 Å². The summed E-state index contributed by atoms with van der Waals surface area (Å²) in [5.74, 6) is 0.952. The predicted octanol–water partition coefficient (Wildman–Crippen LogP) is 1.28. The molecular weight excluding hydrogens is 314 g/mol.